The van der Waals surface area contributed by atoms with Crippen molar-refractivity contribution in [2.45, 2.75) is 25.9 Å². The number of benzene rings is 2. The number of methoxy groups -OCH3 is 1. The van der Waals surface area contributed by atoms with Crippen LogP contribution >= 0.6 is 0 Å². The third-order valence-corrected chi connectivity index (χ3v) is 5.63. The molecule has 6 heteroatoms. The fourth-order valence-electron chi connectivity index (χ4n) is 4.27. The van der Waals surface area contributed by atoms with Crippen molar-refractivity contribution >= 4 is 17.7 Å². The van der Waals surface area contributed by atoms with E-state index in [1.54, 1.807) is 6.92 Å². The Balaban J connectivity index is 1.51. The van der Waals surface area contributed by atoms with Crippen molar-refractivity contribution < 1.29 is 23.9 Å². The second-order valence-corrected chi connectivity index (χ2v) is 7.63. The fourth-order valence-corrected chi connectivity index (χ4v) is 4.27. The maximum Gasteiger partial charge on any atom is 0.360 e. The summed E-state index contributed by atoms with van der Waals surface area (Å²) in [5, 5.41) is 4.13. The summed E-state index contributed by atoms with van der Waals surface area (Å²) in [6, 6.07) is 15.7. The molecule has 0 amide bonds. The second kappa shape index (κ2) is 7.88. The normalized spacial score (nSPS) is 21.5. The van der Waals surface area contributed by atoms with Gasteiger partial charge in [0.05, 0.1) is 7.11 Å². The van der Waals surface area contributed by atoms with E-state index in [0.717, 1.165) is 27.8 Å². The third kappa shape index (κ3) is 3.33. The Hall–Kier alpha value is -3.25. The number of ether oxygens (including phenoxy) is 2. The lowest BCUT2D eigenvalue weighted by Gasteiger charge is -2.28. The number of fused-ring (bicyclic) bond motifs is 3. The van der Waals surface area contributed by atoms with Gasteiger partial charge in [0.15, 0.2) is 5.60 Å². The number of nitrogens with zero attached hydrogens (tertiary/aromatic N) is 1. The molecule has 0 bridgehead atoms. The first kappa shape index (κ1) is 20.0. The summed E-state index contributed by atoms with van der Waals surface area (Å²) in [6.45, 7) is 3.38. The average Bonchev–Trinajstić information content (AvgIpc) is 3.24. The number of allylic oxidation sites excluding steroid dienone is 1. The highest BCUT2D eigenvalue weighted by atomic mass is 16.7. The van der Waals surface area contributed by atoms with E-state index in [0.29, 0.717) is 12.1 Å². The standard InChI is InChI=1S/C24H23NO5/c1-15-12-16(2)24(13-15,23(27)28-3)29-14-21(26)30-25-22-19-10-6-4-8-17(19)18-9-5-7-11-20(18)22/h4-12,15H,13-14H2,1-3H3. The molecular formula is C24H23NO5. The Bertz CT molecular complexity index is 1020. The lowest BCUT2D eigenvalue weighted by atomic mass is 9.94. The third-order valence-electron chi connectivity index (χ3n) is 5.63. The van der Waals surface area contributed by atoms with E-state index in [1.165, 1.54) is 7.11 Å². The van der Waals surface area contributed by atoms with Crippen molar-refractivity contribution in [1.82, 2.24) is 0 Å². The van der Waals surface area contributed by atoms with Crippen LogP contribution in [0.2, 0.25) is 0 Å². The summed E-state index contributed by atoms with van der Waals surface area (Å²) in [7, 11) is 1.31. The molecule has 0 saturated carbocycles. The Morgan fingerprint density at radius 2 is 1.60 bits per heavy atom. The molecule has 0 saturated heterocycles. The molecule has 2 atom stereocenters. The zero-order chi connectivity index (χ0) is 21.3. The van der Waals surface area contributed by atoms with E-state index >= 15 is 0 Å². The van der Waals surface area contributed by atoms with Gasteiger partial charge in [-0.05, 0) is 36.0 Å². The number of carbonyl (C=O) groups excluding carboxylic acids is 2. The Labute approximate surface area is 175 Å². The van der Waals surface area contributed by atoms with Gasteiger partial charge in [0.25, 0.3) is 0 Å². The number of rotatable bonds is 5. The van der Waals surface area contributed by atoms with E-state index in [4.69, 9.17) is 14.3 Å². The number of oxime groups is 1. The Morgan fingerprint density at radius 3 is 2.10 bits per heavy atom. The van der Waals surface area contributed by atoms with Gasteiger partial charge in [-0.3, -0.25) is 0 Å². The van der Waals surface area contributed by atoms with Gasteiger partial charge in [-0.25, -0.2) is 9.59 Å². The van der Waals surface area contributed by atoms with Gasteiger partial charge < -0.3 is 14.3 Å². The summed E-state index contributed by atoms with van der Waals surface area (Å²) >= 11 is 0. The predicted octanol–water partition coefficient (Wildman–Crippen LogP) is 3.88. The van der Waals surface area contributed by atoms with Crippen LogP contribution < -0.4 is 0 Å². The molecule has 2 aromatic carbocycles. The minimum atomic E-state index is -1.26. The highest BCUT2D eigenvalue weighted by Gasteiger charge is 2.47. The van der Waals surface area contributed by atoms with Gasteiger partial charge in [-0.2, -0.15) is 0 Å². The van der Waals surface area contributed by atoms with Crippen LogP contribution in [0, 0.1) is 5.92 Å². The lowest BCUT2D eigenvalue weighted by molar-refractivity contribution is -0.171. The molecule has 0 aromatic heterocycles. The second-order valence-electron chi connectivity index (χ2n) is 7.63. The van der Waals surface area contributed by atoms with Crippen LogP contribution in [-0.4, -0.2) is 37.0 Å². The van der Waals surface area contributed by atoms with Gasteiger partial charge in [-0.15, -0.1) is 0 Å². The SMILES string of the molecule is COC(=O)C1(OCC(=O)ON=C2c3ccccc3-c3ccccc32)CC(C)C=C1C. The molecule has 0 radical (unpaired) electrons. The van der Waals surface area contributed by atoms with E-state index in [1.807, 2.05) is 61.5 Å². The highest BCUT2D eigenvalue weighted by Crippen LogP contribution is 2.39. The first-order valence-electron chi connectivity index (χ1n) is 9.84. The van der Waals surface area contributed by atoms with Crippen LogP contribution in [0.1, 0.15) is 31.4 Å². The van der Waals surface area contributed by atoms with Crippen LogP contribution in [0.25, 0.3) is 11.1 Å². The number of hydrogen-bond donors (Lipinski definition) is 0. The fraction of sp³-hybridized carbons (Fsp3) is 0.292. The largest absolute Gasteiger partial charge is 0.467 e. The summed E-state index contributed by atoms with van der Waals surface area (Å²) in [5.41, 5.74) is 3.98. The zero-order valence-corrected chi connectivity index (χ0v) is 17.2. The molecular weight excluding hydrogens is 382 g/mol. The van der Waals surface area contributed by atoms with Crippen molar-refractivity contribution in [3.63, 3.8) is 0 Å². The van der Waals surface area contributed by atoms with E-state index in [2.05, 4.69) is 5.16 Å². The molecule has 2 aromatic rings. The minimum Gasteiger partial charge on any atom is -0.467 e. The predicted molar refractivity (Wildman–Crippen MR) is 112 cm³/mol. The van der Waals surface area contributed by atoms with Gasteiger partial charge in [0.1, 0.15) is 12.3 Å². The van der Waals surface area contributed by atoms with Crippen molar-refractivity contribution in [3.8, 4) is 11.1 Å². The van der Waals surface area contributed by atoms with Crippen LogP contribution in [0.5, 0.6) is 0 Å². The monoisotopic (exact) mass is 405 g/mol. The first-order chi connectivity index (χ1) is 14.5. The molecule has 4 rings (SSSR count). The van der Waals surface area contributed by atoms with Crippen molar-refractivity contribution in [2.75, 3.05) is 13.7 Å². The van der Waals surface area contributed by atoms with Gasteiger partial charge in [0.2, 0.25) is 0 Å². The molecule has 0 N–H and O–H groups in total. The van der Waals surface area contributed by atoms with E-state index in [9.17, 15) is 9.59 Å². The number of hydrogen-bond acceptors (Lipinski definition) is 6. The zero-order valence-electron chi connectivity index (χ0n) is 17.2. The molecule has 2 aliphatic rings. The number of carbonyl (C=O) groups is 2. The van der Waals surface area contributed by atoms with Gasteiger partial charge >= 0.3 is 11.9 Å². The molecule has 6 nitrogen and oxygen atoms in total. The average molecular weight is 405 g/mol. The maximum absolute atomic E-state index is 12.4. The molecule has 154 valence electrons. The van der Waals surface area contributed by atoms with E-state index in [-0.39, 0.29) is 5.92 Å². The first-order valence-corrected chi connectivity index (χ1v) is 9.84. The van der Waals surface area contributed by atoms with Crippen molar-refractivity contribution in [3.05, 3.63) is 71.3 Å². The molecule has 0 aliphatic heterocycles. The minimum absolute atomic E-state index is 0.145. The molecule has 2 aliphatic carbocycles. The smallest absolute Gasteiger partial charge is 0.360 e. The molecule has 0 spiro atoms. The molecule has 2 unspecified atom stereocenters. The summed E-state index contributed by atoms with van der Waals surface area (Å²) in [4.78, 5) is 29.9. The quantitative estimate of drug-likeness (QED) is 0.279. The lowest BCUT2D eigenvalue weighted by Crippen LogP contribution is -2.43. The highest BCUT2D eigenvalue weighted by molar-refractivity contribution is 6.24. The van der Waals surface area contributed by atoms with Crippen LogP contribution in [0.3, 0.4) is 0 Å². The summed E-state index contributed by atoms with van der Waals surface area (Å²) in [5.74, 6) is -1.05. The topological polar surface area (TPSA) is 74.2 Å². The molecule has 0 heterocycles. The van der Waals surface area contributed by atoms with Crippen LogP contribution in [0.4, 0.5) is 0 Å². The summed E-state index contributed by atoms with van der Waals surface area (Å²) in [6.07, 6.45) is 2.38. The maximum atomic E-state index is 12.4. The Kier molecular flexibility index (Phi) is 5.26. The molecule has 30 heavy (non-hydrogen) atoms. The van der Waals surface area contributed by atoms with Crippen LogP contribution in [-0.2, 0) is 23.9 Å². The van der Waals surface area contributed by atoms with Gasteiger partial charge in [0, 0.05) is 11.1 Å². The summed E-state index contributed by atoms with van der Waals surface area (Å²) < 4.78 is 10.7. The number of esters is 1. The van der Waals surface area contributed by atoms with Crippen molar-refractivity contribution in [2.24, 2.45) is 11.1 Å². The Morgan fingerprint density at radius 1 is 1.03 bits per heavy atom. The van der Waals surface area contributed by atoms with E-state index < -0.39 is 24.1 Å². The molecule has 0 fully saturated rings. The van der Waals surface area contributed by atoms with Gasteiger partial charge in [-0.1, -0.05) is 66.7 Å². The van der Waals surface area contributed by atoms with Crippen molar-refractivity contribution in [1.29, 1.82) is 0 Å². The van der Waals surface area contributed by atoms with Crippen LogP contribution in [0.15, 0.2) is 65.3 Å².